The third-order valence-corrected chi connectivity index (χ3v) is 5.34. The Kier molecular flexibility index (Phi) is 5.82. The second-order valence-corrected chi connectivity index (χ2v) is 7.75. The molecule has 0 spiro atoms. The molecule has 0 fully saturated rings. The van der Waals surface area contributed by atoms with Gasteiger partial charge in [0.25, 0.3) is 0 Å². The van der Waals surface area contributed by atoms with Crippen LogP contribution in [0.4, 0.5) is 24.7 Å². The van der Waals surface area contributed by atoms with Gasteiger partial charge in [0, 0.05) is 30.8 Å². The Balaban J connectivity index is 1.62. The minimum Gasteiger partial charge on any atom is -0.406 e. The first-order valence-electron chi connectivity index (χ1n) is 10.3. The Morgan fingerprint density at radius 3 is 2.75 bits per heavy atom. The molecule has 2 N–H and O–H groups in total. The van der Waals surface area contributed by atoms with Crippen LogP contribution in [-0.2, 0) is 0 Å². The number of aromatic nitrogens is 1. The van der Waals surface area contributed by atoms with Crippen LogP contribution < -0.4 is 20.3 Å². The fourth-order valence-corrected chi connectivity index (χ4v) is 3.66. The lowest BCUT2D eigenvalue weighted by molar-refractivity contribution is -0.274. The SMILES string of the molecule is C=C(NC1=NC(C)=C(C)C1)N1CCCNc2ccc(-c3cccc(OC(F)(F)F)c3)nc21. The van der Waals surface area contributed by atoms with Gasteiger partial charge in [-0.25, -0.2) is 9.98 Å². The molecule has 2 aliphatic heterocycles. The van der Waals surface area contributed by atoms with Crippen molar-refractivity contribution in [3.05, 3.63) is 60.1 Å². The number of anilines is 2. The third kappa shape index (κ3) is 4.87. The zero-order valence-corrected chi connectivity index (χ0v) is 17.9. The standard InChI is InChI=1S/C23H24F3N5O/c1-14-12-21(28-15(14)2)29-16(3)31-11-5-10-27-20-9-8-19(30-22(20)31)17-6-4-7-18(13-17)32-23(24,25)26/h4,6-9,13,27H,3,5,10-12H2,1-2H3,(H,28,29). The van der Waals surface area contributed by atoms with Crippen molar-refractivity contribution in [1.29, 1.82) is 0 Å². The highest BCUT2D eigenvalue weighted by molar-refractivity contribution is 5.89. The highest BCUT2D eigenvalue weighted by atomic mass is 19.4. The van der Waals surface area contributed by atoms with E-state index in [4.69, 9.17) is 4.98 Å². The summed E-state index contributed by atoms with van der Waals surface area (Å²) < 4.78 is 41.9. The fraction of sp³-hybridized carbons (Fsp3) is 0.304. The molecule has 0 unspecified atom stereocenters. The Hall–Kier alpha value is -3.49. The molecule has 3 heterocycles. The Labute approximate surface area is 184 Å². The molecule has 6 nitrogen and oxygen atoms in total. The van der Waals surface area contributed by atoms with Gasteiger partial charge in [-0.1, -0.05) is 18.7 Å². The molecule has 0 atom stereocenters. The molecule has 4 rings (SSSR count). The van der Waals surface area contributed by atoms with E-state index in [1.54, 1.807) is 12.1 Å². The van der Waals surface area contributed by atoms with Crippen LogP contribution in [0, 0.1) is 0 Å². The van der Waals surface area contributed by atoms with E-state index in [1.165, 1.54) is 23.8 Å². The van der Waals surface area contributed by atoms with Gasteiger partial charge in [0.2, 0.25) is 0 Å². The molecule has 0 amide bonds. The van der Waals surface area contributed by atoms with Gasteiger partial charge in [-0.3, -0.25) is 0 Å². The third-order valence-electron chi connectivity index (χ3n) is 5.34. The van der Waals surface area contributed by atoms with Crippen molar-refractivity contribution in [3.8, 4) is 17.0 Å². The topological polar surface area (TPSA) is 61.8 Å². The van der Waals surface area contributed by atoms with E-state index < -0.39 is 6.36 Å². The van der Waals surface area contributed by atoms with Crippen molar-refractivity contribution in [2.45, 2.75) is 33.1 Å². The van der Waals surface area contributed by atoms with Gasteiger partial charge in [0.05, 0.1) is 11.4 Å². The number of hydrogen-bond acceptors (Lipinski definition) is 6. The molecule has 0 saturated carbocycles. The lowest BCUT2D eigenvalue weighted by Crippen LogP contribution is -2.35. The molecule has 9 heteroatoms. The zero-order chi connectivity index (χ0) is 22.9. The van der Waals surface area contributed by atoms with Gasteiger partial charge in [-0.15, -0.1) is 13.2 Å². The summed E-state index contributed by atoms with van der Waals surface area (Å²) in [7, 11) is 0. The van der Waals surface area contributed by atoms with E-state index in [9.17, 15) is 13.2 Å². The Bertz CT molecular complexity index is 1110. The molecule has 1 aromatic carbocycles. The molecule has 0 bridgehead atoms. The summed E-state index contributed by atoms with van der Waals surface area (Å²) in [6, 6.07) is 9.45. The van der Waals surface area contributed by atoms with E-state index in [1.807, 2.05) is 24.8 Å². The van der Waals surface area contributed by atoms with Crippen LogP contribution in [0.1, 0.15) is 26.7 Å². The molecular weight excluding hydrogens is 419 g/mol. The van der Waals surface area contributed by atoms with Gasteiger partial charge < -0.3 is 20.3 Å². The van der Waals surface area contributed by atoms with Crippen molar-refractivity contribution in [3.63, 3.8) is 0 Å². The summed E-state index contributed by atoms with van der Waals surface area (Å²) in [5.41, 5.74) is 4.09. The second kappa shape index (κ2) is 8.57. The largest absolute Gasteiger partial charge is 0.573 e. The number of aliphatic imine (C=N–C) groups is 1. The smallest absolute Gasteiger partial charge is 0.406 e. The van der Waals surface area contributed by atoms with Crippen molar-refractivity contribution in [1.82, 2.24) is 10.3 Å². The Morgan fingerprint density at radius 1 is 1.22 bits per heavy atom. The lowest BCUT2D eigenvalue weighted by Gasteiger charge is -2.26. The fourth-order valence-electron chi connectivity index (χ4n) is 3.66. The van der Waals surface area contributed by atoms with Gasteiger partial charge >= 0.3 is 6.36 Å². The van der Waals surface area contributed by atoms with Gasteiger partial charge in [-0.05, 0) is 50.1 Å². The number of rotatable bonds is 4. The van der Waals surface area contributed by atoms with Gasteiger partial charge in [0.15, 0.2) is 5.82 Å². The van der Waals surface area contributed by atoms with E-state index >= 15 is 0 Å². The van der Waals surface area contributed by atoms with Gasteiger partial charge in [-0.2, -0.15) is 0 Å². The quantitative estimate of drug-likeness (QED) is 0.660. The van der Waals surface area contributed by atoms with Crippen LogP contribution in [0.5, 0.6) is 5.75 Å². The van der Waals surface area contributed by atoms with Crippen LogP contribution in [0.15, 0.2) is 65.1 Å². The Morgan fingerprint density at radius 2 is 2.03 bits per heavy atom. The molecule has 0 radical (unpaired) electrons. The summed E-state index contributed by atoms with van der Waals surface area (Å²) in [6.45, 7) is 9.66. The number of hydrogen-bond donors (Lipinski definition) is 2. The minimum atomic E-state index is -4.75. The highest BCUT2D eigenvalue weighted by Crippen LogP contribution is 2.33. The monoisotopic (exact) mass is 443 g/mol. The number of amidine groups is 1. The average molecular weight is 443 g/mol. The van der Waals surface area contributed by atoms with E-state index in [2.05, 4.69) is 26.9 Å². The summed E-state index contributed by atoms with van der Waals surface area (Å²) in [5, 5.41) is 6.65. The first kappa shape index (κ1) is 21.7. The van der Waals surface area contributed by atoms with Crippen LogP contribution in [0.2, 0.25) is 0 Å². The molecule has 2 aliphatic rings. The molecule has 0 aliphatic carbocycles. The number of fused-ring (bicyclic) bond motifs is 1. The van der Waals surface area contributed by atoms with E-state index in [0.717, 1.165) is 36.6 Å². The molecule has 168 valence electrons. The number of halogens is 3. The minimum absolute atomic E-state index is 0.287. The molecule has 32 heavy (non-hydrogen) atoms. The number of allylic oxidation sites excluding steroid dienone is 1. The number of nitrogens with one attached hydrogen (secondary N) is 2. The zero-order valence-electron chi connectivity index (χ0n) is 17.9. The maximum Gasteiger partial charge on any atom is 0.573 e. The number of nitrogens with zero attached hydrogens (tertiary/aromatic N) is 3. The number of alkyl halides is 3. The van der Waals surface area contributed by atoms with E-state index in [-0.39, 0.29) is 5.75 Å². The maximum absolute atomic E-state index is 12.6. The van der Waals surface area contributed by atoms with Gasteiger partial charge in [0.1, 0.15) is 17.4 Å². The number of benzene rings is 1. The highest BCUT2D eigenvalue weighted by Gasteiger charge is 2.31. The van der Waals surface area contributed by atoms with Crippen LogP contribution in [0.25, 0.3) is 11.3 Å². The summed E-state index contributed by atoms with van der Waals surface area (Å²) in [5.74, 6) is 1.84. The summed E-state index contributed by atoms with van der Waals surface area (Å²) in [4.78, 5) is 11.3. The summed E-state index contributed by atoms with van der Waals surface area (Å²) >= 11 is 0. The molecular formula is C23H24F3N5O. The number of ether oxygens (including phenoxy) is 1. The lowest BCUT2D eigenvalue weighted by atomic mass is 10.1. The predicted octanol–water partition coefficient (Wildman–Crippen LogP) is 5.43. The predicted molar refractivity (Wildman–Crippen MR) is 120 cm³/mol. The number of pyridine rings is 1. The van der Waals surface area contributed by atoms with Crippen LogP contribution >= 0.6 is 0 Å². The van der Waals surface area contributed by atoms with Crippen LogP contribution in [-0.4, -0.2) is 30.3 Å². The second-order valence-electron chi connectivity index (χ2n) is 7.75. The average Bonchev–Trinajstić information content (AvgIpc) is 2.92. The molecule has 1 aromatic heterocycles. The first-order valence-corrected chi connectivity index (χ1v) is 10.3. The normalized spacial score (nSPS) is 16.2. The van der Waals surface area contributed by atoms with Crippen molar-refractivity contribution >= 4 is 17.3 Å². The molecule has 0 saturated heterocycles. The van der Waals surface area contributed by atoms with Crippen molar-refractivity contribution < 1.29 is 17.9 Å². The first-order chi connectivity index (χ1) is 15.2. The van der Waals surface area contributed by atoms with Crippen molar-refractivity contribution in [2.75, 3.05) is 23.3 Å². The van der Waals surface area contributed by atoms with Crippen LogP contribution in [0.3, 0.4) is 0 Å². The van der Waals surface area contributed by atoms with E-state index in [0.29, 0.717) is 29.4 Å². The van der Waals surface area contributed by atoms with Crippen molar-refractivity contribution in [2.24, 2.45) is 4.99 Å². The molecule has 2 aromatic rings. The summed E-state index contributed by atoms with van der Waals surface area (Å²) in [6.07, 6.45) is -3.15. The maximum atomic E-state index is 12.6.